The molecule has 3 aliphatic rings. The van der Waals surface area contributed by atoms with Gasteiger partial charge in [0.15, 0.2) is 0 Å². The Morgan fingerprint density at radius 1 is 0.887 bits per heavy atom. The zero-order chi connectivity index (χ0) is 44.3. The number of fused-ring (bicyclic) bond motifs is 2. The average Bonchev–Trinajstić information content (AvgIpc) is 3.49. The summed E-state index contributed by atoms with van der Waals surface area (Å²) in [6.07, 6.45) is 3.48. The average molecular weight is 875 g/mol. The van der Waals surface area contributed by atoms with Gasteiger partial charge in [0.2, 0.25) is 21.8 Å². The summed E-state index contributed by atoms with van der Waals surface area (Å²) in [7, 11) is 4.99. The Bertz CT molecular complexity index is 2550. The molecule has 4 aromatic rings. The molecule has 330 valence electrons. The molecule has 0 bridgehead atoms. The van der Waals surface area contributed by atoms with Crippen molar-refractivity contribution in [1.82, 2.24) is 29.4 Å². The van der Waals surface area contributed by atoms with Crippen molar-refractivity contribution in [3.05, 3.63) is 75.8 Å². The van der Waals surface area contributed by atoms with Gasteiger partial charge in [-0.3, -0.25) is 39.1 Å². The standard InChI is InChI=1S/C42H50N8O11S/c1-47(2)36-19-28-29(20-44-36)40(53)48(3)23-30(28)25-17-34(58-4)31(35(18-25)59-5)24-49-21-26(22-49)62(56,57)45-12-14-61-16-15-60-13-11-43-32-8-6-7-27-38(32)42(55)50(41(27)54)33-9-10-37(51)46-39(33)52/h6-8,17-20,23,26,33,43,45H,9-16,21-22,24H2,1-5H3,(H,46,51,52). The van der Waals surface area contributed by atoms with E-state index in [2.05, 4.69) is 20.3 Å². The van der Waals surface area contributed by atoms with Gasteiger partial charge in [-0.25, -0.2) is 18.1 Å². The molecular weight excluding hydrogens is 825 g/mol. The summed E-state index contributed by atoms with van der Waals surface area (Å²) < 4.78 is 53.1. The van der Waals surface area contributed by atoms with E-state index in [1.165, 1.54) is 10.6 Å². The van der Waals surface area contributed by atoms with Crippen LogP contribution in [0.25, 0.3) is 21.9 Å². The van der Waals surface area contributed by atoms with Crippen LogP contribution in [0.5, 0.6) is 11.5 Å². The number of imide groups is 2. The van der Waals surface area contributed by atoms with Gasteiger partial charge < -0.3 is 33.7 Å². The molecule has 20 heteroatoms. The number of methoxy groups -OCH3 is 2. The summed E-state index contributed by atoms with van der Waals surface area (Å²) in [6.45, 7) is 2.29. The number of benzene rings is 2. The van der Waals surface area contributed by atoms with Crippen LogP contribution in [-0.2, 0) is 42.7 Å². The number of amides is 4. The Labute approximate surface area is 358 Å². The van der Waals surface area contributed by atoms with Gasteiger partial charge >= 0.3 is 0 Å². The molecule has 2 aromatic carbocycles. The fourth-order valence-corrected chi connectivity index (χ4v) is 9.22. The second kappa shape index (κ2) is 18.6. The zero-order valence-corrected chi connectivity index (χ0v) is 36.0. The number of rotatable bonds is 19. The molecule has 1 unspecified atom stereocenters. The van der Waals surface area contributed by atoms with Crippen molar-refractivity contribution in [2.75, 3.05) is 91.1 Å². The molecule has 0 spiro atoms. The second-order valence-corrected chi connectivity index (χ2v) is 17.4. The Morgan fingerprint density at radius 3 is 2.24 bits per heavy atom. The number of piperidine rings is 1. The van der Waals surface area contributed by atoms with Gasteiger partial charge in [-0.15, -0.1) is 0 Å². The van der Waals surface area contributed by atoms with E-state index in [0.29, 0.717) is 54.6 Å². The van der Waals surface area contributed by atoms with E-state index < -0.39 is 44.9 Å². The summed E-state index contributed by atoms with van der Waals surface area (Å²) in [4.78, 5) is 72.5. The van der Waals surface area contributed by atoms with Gasteiger partial charge in [0, 0.05) is 89.3 Å². The normalized spacial score (nSPS) is 17.0. The van der Waals surface area contributed by atoms with Crippen molar-refractivity contribution in [2.24, 2.45) is 7.05 Å². The van der Waals surface area contributed by atoms with Crippen molar-refractivity contribution < 1.29 is 46.5 Å². The first-order valence-electron chi connectivity index (χ1n) is 20.1. The number of aryl methyl sites for hydroxylation is 1. The molecule has 0 aliphatic carbocycles. The Hall–Kier alpha value is -5.93. The summed E-state index contributed by atoms with van der Waals surface area (Å²) in [6, 6.07) is 9.45. The third-order valence-corrected chi connectivity index (χ3v) is 12.9. The monoisotopic (exact) mass is 874 g/mol. The van der Waals surface area contributed by atoms with Crippen molar-refractivity contribution in [3.8, 4) is 22.6 Å². The quantitative estimate of drug-likeness (QED) is 0.0894. The third kappa shape index (κ3) is 9.00. The van der Waals surface area contributed by atoms with Crippen LogP contribution in [0.1, 0.15) is 39.1 Å². The van der Waals surface area contributed by atoms with Crippen LogP contribution >= 0.6 is 0 Å². The maximum Gasteiger partial charge on any atom is 0.264 e. The van der Waals surface area contributed by atoms with Crippen molar-refractivity contribution in [3.63, 3.8) is 0 Å². The van der Waals surface area contributed by atoms with E-state index in [4.69, 9.17) is 18.9 Å². The van der Waals surface area contributed by atoms with Gasteiger partial charge in [-0.1, -0.05) is 6.07 Å². The van der Waals surface area contributed by atoms with Crippen molar-refractivity contribution in [2.45, 2.75) is 30.7 Å². The van der Waals surface area contributed by atoms with Crippen LogP contribution in [0.2, 0.25) is 0 Å². The van der Waals surface area contributed by atoms with E-state index in [1.807, 2.05) is 42.1 Å². The highest BCUT2D eigenvalue weighted by molar-refractivity contribution is 7.90. The number of likely N-dealkylation sites (tertiary alicyclic amines) is 1. The Kier molecular flexibility index (Phi) is 13.2. The minimum Gasteiger partial charge on any atom is -0.496 e. The Morgan fingerprint density at radius 2 is 1.58 bits per heavy atom. The fraction of sp³-hybridized carbons (Fsp3) is 0.429. The first-order valence-corrected chi connectivity index (χ1v) is 21.6. The molecule has 62 heavy (non-hydrogen) atoms. The lowest BCUT2D eigenvalue weighted by molar-refractivity contribution is -0.136. The zero-order valence-electron chi connectivity index (χ0n) is 35.2. The summed E-state index contributed by atoms with van der Waals surface area (Å²) in [5.74, 6) is -0.449. The van der Waals surface area contributed by atoms with E-state index in [0.717, 1.165) is 27.0 Å². The maximum atomic E-state index is 13.3. The molecule has 2 fully saturated rings. The van der Waals surface area contributed by atoms with Crippen molar-refractivity contribution in [1.29, 1.82) is 0 Å². The first kappa shape index (κ1) is 44.1. The molecule has 2 aromatic heterocycles. The molecule has 5 heterocycles. The number of carbonyl (C=O) groups is 4. The van der Waals surface area contributed by atoms with Crippen LogP contribution in [0.15, 0.2) is 53.6 Å². The SMILES string of the molecule is COc1cc(-c2cn(C)c(=O)c3cnc(N(C)C)cc23)cc(OC)c1CN1CC(S(=O)(=O)NCCOCCOCCNc2cccc3c2C(=O)N(C2CCC(=O)NC2=O)C3=O)C1. The number of nitrogens with one attached hydrogen (secondary N) is 3. The molecule has 1 atom stereocenters. The van der Waals surface area contributed by atoms with Crippen LogP contribution in [-0.4, -0.2) is 144 Å². The summed E-state index contributed by atoms with van der Waals surface area (Å²) in [5, 5.41) is 5.92. The number of hydrogen-bond acceptors (Lipinski definition) is 15. The van der Waals surface area contributed by atoms with Gasteiger partial charge in [0.05, 0.1) is 62.7 Å². The second-order valence-electron chi connectivity index (χ2n) is 15.4. The number of sulfonamides is 1. The van der Waals surface area contributed by atoms with Crippen LogP contribution in [0, 0.1) is 0 Å². The van der Waals surface area contributed by atoms with Gasteiger partial charge in [-0.2, -0.15) is 0 Å². The lowest BCUT2D eigenvalue weighted by Gasteiger charge is -2.39. The number of aromatic nitrogens is 2. The van der Waals surface area contributed by atoms with E-state index >= 15 is 0 Å². The maximum absolute atomic E-state index is 13.3. The van der Waals surface area contributed by atoms with Crippen LogP contribution < -0.4 is 35.3 Å². The Balaban J connectivity index is 0.835. The van der Waals surface area contributed by atoms with Crippen LogP contribution in [0.3, 0.4) is 0 Å². The highest BCUT2D eigenvalue weighted by atomic mass is 32.2. The molecule has 7 rings (SSSR count). The van der Waals surface area contributed by atoms with Crippen molar-refractivity contribution >= 4 is 55.9 Å². The smallest absolute Gasteiger partial charge is 0.264 e. The third-order valence-electron chi connectivity index (χ3n) is 11.1. The number of pyridine rings is 2. The molecule has 0 radical (unpaired) electrons. The molecule has 3 aliphatic heterocycles. The topological polar surface area (TPSA) is 220 Å². The molecule has 3 N–H and O–H groups in total. The van der Waals surface area contributed by atoms with E-state index in [-0.39, 0.29) is 62.5 Å². The van der Waals surface area contributed by atoms with Gasteiger partial charge in [0.25, 0.3) is 17.4 Å². The minimum absolute atomic E-state index is 0.0371. The van der Waals surface area contributed by atoms with Gasteiger partial charge in [0.1, 0.15) is 28.6 Å². The fourth-order valence-electron chi connectivity index (χ4n) is 7.81. The number of carbonyl (C=O) groups excluding carboxylic acids is 4. The highest BCUT2D eigenvalue weighted by Gasteiger charge is 2.45. The number of ether oxygens (including phenoxy) is 4. The molecule has 0 saturated carbocycles. The predicted octanol–water partition coefficient (Wildman–Crippen LogP) is 1.33. The summed E-state index contributed by atoms with van der Waals surface area (Å²) >= 11 is 0. The minimum atomic E-state index is -3.61. The highest BCUT2D eigenvalue weighted by Crippen LogP contribution is 2.39. The molecule has 19 nitrogen and oxygen atoms in total. The molecular formula is C42H50N8O11S. The number of hydrogen-bond donors (Lipinski definition) is 3. The molecule has 4 amide bonds. The lowest BCUT2D eigenvalue weighted by atomic mass is 9.98. The predicted molar refractivity (Wildman–Crippen MR) is 229 cm³/mol. The molecule has 2 saturated heterocycles. The van der Waals surface area contributed by atoms with Crippen LogP contribution in [0.4, 0.5) is 11.5 Å². The van der Waals surface area contributed by atoms with E-state index in [1.54, 1.807) is 45.8 Å². The largest absolute Gasteiger partial charge is 0.496 e. The number of anilines is 2. The van der Waals surface area contributed by atoms with E-state index in [9.17, 15) is 32.4 Å². The van der Waals surface area contributed by atoms with Gasteiger partial charge in [-0.05, 0) is 42.3 Å². The lowest BCUT2D eigenvalue weighted by Crippen LogP contribution is -2.57. The first-order chi connectivity index (χ1) is 29.7. The summed E-state index contributed by atoms with van der Waals surface area (Å²) in [5.41, 5.74) is 2.97. The number of nitrogens with zero attached hydrogens (tertiary/aromatic N) is 5.